The summed E-state index contributed by atoms with van der Waals surface area (Å²) in [5.41, 5.74) is 0.973. The summed E-state index contributed by atoms with van der Waals surface area (Å²) in [6.45, 7) is 8.71. The maximum atomic E-state index is 15.5. The molecule has 4 N–H and O–H groups in total. The van der Waals surface area contributed by atoms with Gasteiger partial charge in [-0.1, -0.05) is 20.3 Å². The predicted molar refractivity (Wildman–Crippen MR) is 194 cm³/mol. The average Bonchev–Trinajstić information content (AvgIpc) is 3.68. The number of ether oxygens (including phenoxy) is 1. The van der Waals surface area contributed by atoms with Crippen molar-refractivity contribution in [1.29, 1.82) is 0 Å². The summed E-state index contributed by atoms with van der Waals surface area (Å²) in [6.07, 6.45) is 8.34. The van der Waals surface area contributed by atoms with Crippen LogP contribution in [0.2, 0.25) is 0 Å². The Morgan fingerprint density at radius 1 is 0.830 bits per heavy atom. The van der Waals surface area contributed by atoms with Crippen LogP contribution in [-0.4, -0.2) is 98.4 Å². The zero-order valence-corrected chi connectivity index (χ0v) is 30.4. The number of H-pyrrole nitrogens is 2. The van der Waals surface area contributed by atoms with Crippen molar-refractivity contribution >= 4 is 23.5 Å². The van der Waals surface area contributed by atoms with Gasteiger partial charge in [-0.25, -0.2) is 18.2 Å². The highest BCUT2D eigenvalue weighted by Crippen LogP contribution is 2.32. The number of carbonyl (C=O) groups excluding carboxylic acids is 2. The Morgan fingerprint density at radius 2 is 1.42 bits per heavy atom. The Balaban J connectivity index is 0.993. The lowest BCUT2D eigenvalue weighted by atomic mass is 9.92. The molecular formula is C37H47F3N10O3. The maximum absolute atomic E-state index is 15.5. The SMILES string of the molecule is COc1ccc(-c2[nH]nc(NC(=O)CC(C)CN3CCCC(c4ncc(-c5[nH]nc(NC(=O)CC(C)CN6CCCCC6)c5F)cc4F)C3)c2F)cn1. The summed E-state index contributed by atoms with van der Waals surface area (Å²) < 4.78 is 51.0. The van der Waals surface area contributed by atoms with Gasteiger partial charge in [0.1, 0.15) is 17.2 Å². The lowest BCUT2D eigenvalue weighted by Gasteiger charge is -2.34. The molecule has 2 amide bonds. The van der Waals surface area contributed by atoms with Crippen LogP contribution in [0.4, 0.5) is 24.8 Å². The minimum Gasteiger partial charge on any atom is -0.481 e. The highest BCUT2D eigenvalue weighted by atomic mass is 19.1. The van der Waals surface area contributed by atoms with Gasteiger partial charge >= 0.3 is 0 Å². The molecule has 0 aromatic carbocycles. The van der Waals surface area contributed by atoms with E-state index in [1.54, 1.807) is 12.1 Å². The zero-order chi connectivity index (χ0) is 37.5. The fourth-order valence-corrected chi connectivity index (χ4v) is 7.34. The van der Waals surface area contributed by atoms with E-state index in [0.717, 1.165) is 39.0 Å². The Kier molecular flexibility index (Phi) is 12.4. The molecule has 2 saturated heterocycles. The molecule has 4 aromatic heterocycles. The van der Waals surface area contributed by atoms with Crippen LogP contribution in [0.5, 0.6) is 5.88 Å². The minimum atomic E-state index is -0.775. The molecule has 0 bridgehead atoms. The Labute approximate surface area is 306 Å². The summed E-state index contributed by atoms with van der Waals surface area (Å²) in [5.74, 6) is -2.94. The largest absolute Gasteiger partial charge is 0.481 e. The van der Waals surface area contributed by atoms with Crippen molar-refractivity contribution in [3.8, 4) is 28.4 Å². The normalized spacial score (nSPS) is 18.0. The van der Waals surface area contributed by atoms with Crippen molar-refractivity contribution in [2.75, 3.05) is 57.0 Å². The molecule has 4 aromatic rings. The molecule has 2 fully saturated rings. The summed E-state index contributed by atoms with van der Waals surface area (Å²) in [5, 5.41) is 18.2. The number of likely N-dealkylation sites (tertiary alicyclic amines) is 2. The van der Waals surface area contributed by atoms with E-state index in [2.05, 4.69) is 50.8 Å². The first-order valence-corrected chi connectivity index (χ1v) is 18.3. The molecule has 0 aliphatic carbocycles. The molecule has 0 saturated carbocycles. The molecule has 6 heterocycles. The number of aromatic amines is 2. The molecule has 3 unspecified atom stereocenters. The zero-order valence-electron chi connectivity index (χ0n) is 30.4. The van der Waals surface area contributed by atoms with Crippen LogP contribution in [0.15, 0.2) is 30.6 Å². The average molecular weight is 737 g/mol. The van der Waals surface area contributed by atoms with Crippen molar-refractivity contribution in [2.45, 2.75) is 64.7 Å². The van der Waals surface area contributed by atoms with Crippen LogP contribution in [0.1, 0.15) is 70.4 Å². The monoisotopic (exact) mass is 736 g/mol. The number of nitrogens with one attached hydrogen (secondary N) is 4. The molecule has 16 heteroatoms. The van der Waals surface area contributed by atoms with Crippen LogP contribution >= 0.6 is 0 Å². The first-order chi connectivity index (χ1) is 25.6. The molecule has 6 rings (SSSR count). The number of rotatable bonds is 14. The number of aromatic nitrogens is 6. The van der Waals surface area contributed by atoms with Crippen molar-refractivity contribution in [1.82, 2.24) is 40.2 Å². The molecule has 284 valence electrons. The van der Waals surface area contributed by atoms with Crippen LogP contribution < -0.4 is 15.4 Å². The minimum absolute atomic E-state index is 0.0549. The van der Waals surface area contributed by atoms with E-state index >= 15 is 13.2 Å². The summed E-state index contributed by atoms with van der Waals surface area (Å²) >= 11 is 0. The molecule has 3 atom stereocenters. The van der Waals surface area contributed by atoms with Crippen LogP contribution in [0.25, 0.3) is 22.5 Å². The van der Waals surface area contributed by atoms with Gasteiger partial charge in [0.25, 0.3) is 0 Å². The highest BCUT2D eigenvalue weighted by Gasteiger charge is 2.28. The third-order valence-corrected chi connectivity index (χ3v) is 9.87. The molecule has 2 aliphatic heterocycles. The van der Waals surface area contributed by atoms with Crippen LogP contribution in [-0.2, 0) is 9.59 Å². The van der Waals surface area contributed by atoms with Gasteiger partial charge < -0.3 is 25.2 Å². The quantitative estimate of drug-likeness (QED) is 0.122. The van der Waals surface area contributed by atoms with Gasteiger partial charge in [0.2, 0.25) is 17.7 Å². The Bertz CT molecular complexity index is 1860. The van der Waals surface area contributed by atoms with Gasteiger partial charge in [-0.3, -0.25) is 24.8 Å². The number of piperidine rings is 2. The summed E-state index contributed by atoms with van der Waals surface area (Å²) in [6, 6.07) is 4.47. The van der Waals surface area contributed by atoms with E-state index in [1.807, 2.05) is 13.8 Å². The van der Waals surface area contributed by atoms with Gasteiger partial charge in [-0.05, 0) is 69.3 Å². The fourth-order valence-electron chi connectivity index (χ4n) is 7.34. The predicted octanol–water partition coefficient (Wildman–Crippen LogP) is 5.98. The number of halogens is 3. The number of carbonyl (C=O) groups is 2. The Hall–Kier alpha value is -4.83. The third kappa shape index (κ3) is 9.59. The molecule has 2 aliphatic rings. The molecule has 0 spiro atoms. The lowest BCUT2D eigenvalue weighted by Crippen LogP contribution is -2.38. The van der Waals surface area contributed by atoms with Crippen LogP contribution in [0, 0.1) is 29.3 Å². The smallest absolute Gasteiger partial charge is 0.225 e. The number of methoxy groups -OCH3 is 1. The standard InChI is InChI=1S/C37H47F3N10O3/c1-22(19-49-11-5-4-6-12-49)14-28(51)44-37-32(40)35(46-48-37)26-16-27(38)33(42-18-26)25-8-7-13-50(21-25)20-23(2)15-29(52)43-36-31(39)34(45-47-36)24-9-10-30(53-3)41-17-24/h9-10,16-18,22-23,25H,4-8,11-15,19-21H2,1-3H3,(H2,43,45,47,52)(H2,44,46,48,51). The van der Waals surface area contributed by atoms with Crippen molar-refractivity contribution in [3.05, 3.63) is 53.7 Å². The van der Waals surface area contributed by atoms with Gasteiger partial charge in [0.05, 0.1) is 12.8 Å². The Morgan fingerprint density at radius 3 is 2.00 bits per heavy atom. The number of anilines is 2. The maximum Gasteiger partial charge on any atom is 0.225 e. The first-order valence-electron chi connectivity index (χ1n) is 18.3. The van der Waals surface area contributed by atoms with Crippen LogP contribution in [0.3, 0.4) is 0 Å². The lowest BCUT2D eigenvalue weighted by molar-refractivity contribution is -0.118. The molecule has 13 nitrogen and oxygen atoms in total. The highest BCUT2D eigenvalue weighted by molar-refractivity contribution is 5.91. The van der Waals surface area contributed by atoms with Gasteiger partial charge in [0, 0.05) is 68.0 Å². The fraction of sp³-hybridized carbons (Fsp3) is 0.514. The van der Waals surface area contributed by atoms with E-state index in [-0.39, 0.29) is 76.7 Å². The second kappa shape index (κ2) is 17.3. The molecular weight excluding hydrogens is 689 g/mol. The van der Waals surface area contributed by atoms with E-state index in [9.17, 15) is 9.59 Å². The number of pyridine rings is 2. The molecule has 0 radical (unpaired) electrons. The summed E-state index contributed by atoms with van der Waals surface area (Å²) in [4.78, 5) is 38.5. The second-order valence-electron chi connectivity index (χ2n) is 14.4. The van der Waals surface area contributed by atoms with E-state index in [0.29, 0.717) is 24.5 Å². The van der Waals surface area contributed by atoms with Crippen molar-refractivity contribution < 1.29 is 27.5 Å². The van der Waals surface area contributed by atoms with Gasteiger partial charge in [0.15, 0.2) is 23.3 Å². The third-order valence-electron chi connectivity index (χ3n) is 9.87. The van der Waals surface area contributed by atoms with E-state index in [4.69, 9.17) is 4.74 Å². The van der Waals surface area contributed by atoms with Crippen molar-refractivity contribution in [2.24, 2.45) is 11.8 Å². The number of hydrogen-bond donors (Lipinski definition) is 4. The van der Waals surface area contributed by atoms with E-state index < -0.39 is 17.5 Å². The topological polar surface area (TPSA) is 157 Å². The number of hydrogen-bond acceptors (Lipinski definition) is 9. The first kappa shape index (κ1) is 37.9. The summed E-state index contributed by atoms with van der Waals surface area (Å²) in [7, 11) is 1.48. The van der Waals surface area contributed by atoms with Gasteiger partial charge in [-0.15, -0.1) is 0 Å². The number of amides is 2. The van der Waals surface area contributed by atoms with Gasteiger partial charge in [-0.2, -0.15) is 10.2 Å². The molecule has 53 heavy (non-hydrogen) atoms. The van der Waals surface area contributed by atoms with E-state index in [1.165, 1.54) is 44.8 Å². The van der Waals surface area contributed by atoms with Crippen molar-refractivity contribution in [3.63, 3.8) is 0 Å². The second-order valence-corrected chi connectivity index (χ2v) is 14.4. The number of nitrogens with zero attached hydrogens (tertiary/aromatic N) is 6.